The molecule has 2 aromatic heterocycles. The smallest absolute Gasteiger partial charge is 0.266 e. The van der Waals surface area contributed by atoms with Crippen LogP contribution in [0.3, 0.4) is 0 Å². The summed E-state index contributed by atoms with van der Waals surface area (Å²) in [5.41, 5.74) is 1.24. The summed E-state index contributed by atoms with van der Waals surface area (Å²) in [6, 6.07) is 9.65. The minimum Gasteiger partial charge on any atom is -0.353 e. The Kier molecular flexibility index (Phi) is 5.50. The van der Waals surface area contributed by atoms with Crippen LogP contribution in [0.25, 0.3) is 22.4 Å². The number of nitrogens with zero attached hydrogens (tertiary/aromatic N) is 3. The van der Waals surface area contributed by atoms with Gasteiger partial charge >= 0.3 is 0 Å². The van der Waals surface area contributed by atoms with E-state index in [1.54, 1.807) is 0 Å². The van der Waals surface area contributed by atoms with Crippen LogP contribution in [0.2, 0.25) is 0 Å². The van der Waals surface area contributed by atoms with Crippen molar-refractivity contribution in [3.63, 3.8) is 0 Å². The van der Waals surface area contributed by atoms with Crippen molar-refractivity contribution in [2.45, 2.75) is 57.5 Å². The quantitative estimate of drug-likeness (QED) is 0.686. The lowest BCUT2D eigenvalue weighted by Gasteiger charge is -2.16. The molecule has 1 fully saturated rings. The Morgan fingerprint density at radius 3 is 2.64 bits per heavy atom. The second-order valence-electron chi connectivity index (χ2n) is 7.33. The highest BCUT2D eigenvalue weighted by atomic mass is 16.5. The van der Waals surface area contributed by atoms with Gasteiger partial charge in [-0.3, -0.25) is 14.2 Å². The first-order chi connectivity index (χ1) is 13.7. The van der Waals surface area contributed by atoms with Crippen molar-refractivity contribution in [1.29, 1.82) is 0 Å². The van der Waals surface area contributed by atoms with Crippen molar-refractivity contribution in [2.24, 2.45) is 0 Å². The van der Waals surface area contributed by atoms with E-state index < -0.39 is 0 Å². The zero-order chi connectivity index (χ0) is 19.3. The minimum atomic E-state index is -0.243. The Bertz CT molecular complexity index is 1000. The van der Waals surface area contributed by atoms with Gasteiger partial charge < -0.3 is 9.84 Å². The Hall–Kier alpha value is -2.96. The summed E-state index contributed by atoms with van der Waals surface area (Å²) in [7, 11) is 0. The van der Waals surface area contributed by atoms with E-state index in [0.29, 0.717) is 11.1 Å². The summed E-state index contributed by atoms with van der Waals surface area (Å²) in [6.07, 6.45) is 8.58. The Labute approximate surface area is 162 Å². The van der Waals surface area contributed by atoms with Gasteiger partial charge in [-0.15, -0.1) is 0 Å². The molecule has 0 bridgehead atoms. The van der Waals surface area contributed by atoms with Crippen LogP contribution in [0.5, 0.6) is 0 Å². The molecule has 1 aliphatic carbocycles. The van der Waals surface area contributed by atoms with Crippen LogP contribution in [-0.4, -0.2) is 26.7 Å². The molecule has 0 aliphatic heterocycles. The molecule has 0 unspecified atom stereocenters. The molecule has 1 saturated carbocycles. The zero-order valence-corrected chi connectivity index (χ0v) is 15.8. The van der Waals surface area contributed by atoms with Crippen LogP contribution in [-0.2, 0) is 11.3 Å². The maximum Gasteiger partial charge on any atom is 0.266 e. The molecule has 0 saturated heterocycles. The maximum atomic E-state index is 12.9. The van der Waals surface area contributed by atoms with Crippen LogP contribution >= 0.6 is 0 Å². The van der Waals surface area contributed by atoms with Crippen molar-refractivity contribution < 1.29 is 9.32 Å². The number of nitrogens with one attached hydrogen (secondary N) is 1. The first-order valence-electron chi connectivity index (χ1n) is 9.92. The van der Waals surface area contributed by atoms with E-state index in [4.69, 9.17) is 4.52 Å². The van der Waals surface area contributed by atoms with Gasteiger partial charge in [-0.05, 0) is 12.8 Å². The molecule has 1 aromatic carbocycles. The van der Waals surface area contributed by atoms with Crippen molar-refractivity contribution in [3.05, 3.63) is 47.0 Å². The minimum absolute atomic E-state index is 0.0208. The van der Waals surface area contributed by atoms with Gasteiger partial charge in [0.25, 0.3) is 11.3 Å². The molecule has 0 spiro atoms. The fraction of sp³-hybridized carbons (Fsp3) is 0.429. The molecule has 7 nitrogen and oxygen atoms in total. The monoisotopic (exact) mass is 380 g/mol. The molecule has 4 rings (SSSR count). The third-order valence-electron chi connectivity index (χ3n) is 5.31. The van der Waals surface area contributed by atoms with Gasteiger partial charge in [0.05, 0.1) is 0 Å². The molecule has 3 aromatic rings. The predicted octanol–water partition coefficient (Wildman–Crippen LogP) is 3.28. The highest BCUT2D eigenvalue weighted by molar-refractivity contribution is 5.88. The van der Waals surface area contributed by atoms with E-state index >= 15 is 0 Å². The third kappa shape index (κ3) is 3.98. The summed E-state index contributed by atoms with van der Waals surface area (Å²) in [5, 5.41) is 7.48. The summed E-state index contributed by atoms with van der Waals surface area (Å²) < 4.78 is 6.68. The van der Waals surface area contributed by atoms with Gasteiger partial charge in [-0.2, -0.15) is 0 Å². The molecule has 0 radical (unpaired) electrons. The number of hydrogen-bond donors (Lipinski definition) is 1. The predicted molar refractivity (Wildman–Crippen MR) is 106 cm³/mol. The summed E-state index contributed by atoms with van der Waals surface area (Å²) in [4.78, 5) is 29.5. The highest BCUT2D eigenvalue weighted by Crippen LogP contribution is 2.23. The van der Waals surface area contributed by atoms with Gasteiger partial charge in [0.2, 0.25) is 5.91 Å². The van der Waals surface area contributed by atoms with Crippen LogP contribution in [0, 0.1) is 0 Å². The number of carbonyl (C=O) groups excluding carboxylic acids is 1. The molecule has 1 aliphatic rings. The molecule has 28 heavy (non-hydrogen) atoms. The number of hydrogen-bond acceptors (Lipinski definition) is 5. The van der Waals surface area contributed by atoms with Crippen LogP contribution < -0.4 is 10.9 Å². The first-order valence-corrected chi connectivity index (χ1v) is 9.92. The Morgan fingerprint density at radius 2 is 1.89 bits per heavy atom. The summed E-state index contributed by atoms with van der Waals surface area (Å²) in [5.74, 6) is -0.0208. The van der Waals surface area contributed by atoms with E-state index in [2.05, 4.69) is 15.5 Å². The number of benzene rings is 1. The molecule has 0 atom stereocenters. The van der Waals surface area contributed by atoms with Crippen molar-refractivity contribution in [1.82, 2.24) is 20.0 Å². The molecule has 7 heteroatoms. The largest absolute Gasteiger partial charge is 0.353 e. The summed E-state index contributed by atoms with van der Waals surface area (Å²) >= 11 is 0. The Balaban J connectivity index is 1.49. The van der Waals surface area contributed by atoms with Crippen molar-refractivity contribution in [3.8, 4) is 11.3 Å². The normalized spacial score (nSPS) is 15.4. The van der Waals surface area contributed by atoms with Crippen molar-refractivity contribution >= 4 is 17.0 Å². The lowest BCUT2D eigenvalue weighted by Crippen LogP contribution is -2.35. The average Bonchev–Trinajstić information content (AvgIpc) is 2.99. The number of amides is 1. The molecular formula is C21H24N4O3. The number of fused-ring (bicyclic) bond motifs is 1. The first kappa shape index (κ1) is 18.4. The Morgan fingerprint density at radius 1 is 1.14 bits per heavy atom. The number of rotatable bonds is 5. The van der Waals surface area contributed by atoms with E-state index in [0.717, 1.165) is 18.4 Å². The summed E-state index contributed by atoms with van der Waals surface area (Å²) in [6.45, 7) is 0.278. The van der Waals surface area contributed by atoms with Crippen LogP contribution in [0.4, 0.5) is 0 Å². The second kappa shape index (κ2) is 8.37. The zero-order valence-electron chi connectivity index (χ0n) is 15.8. The SMILES string of the molecule is O=C(CCn1cnc2onc(-c3ccccc3)c2c1=O)NC1CCCCCC1. The van der Waals surface area contributed by atoms with E-state index in [1.807, 2.05) is 30.3 Å². The van der Waals surface area contributed by atoms with Gasteiger partial charge in [0.15, 0.2) is 0 Å². The molecule has 1 N–H and O–H groups in total. The number of carbonyl (C=O) groups is 1. The van der Waals surface area contributed by atoms with E-state index in [1.165, 1.54) is 36.6 Å². The fourth-order valence-corrected chi connectivity index (χ4v) is 3.78. The molecule has 146 valence electrons. The number of aromatic nitrogens is 3. The topological polar surface area (TPSA) is 90.0 Å². The standard InChI is InChI=1S/C21H24N4O3/c26-17(23-16-10-6-1-2-7-11-16)12-13-25-14-22-20-18(21(25)27)19(24-28-20)15-8-4-3-5-9-15/h3-5,8-9,14,16H,1-2,6-7,10-13H2,(H,23,26). The van der Waals surface area contributed by atoms with Crippen LogP contribution in [0.15, 0.2) is 46.0 Å². The molecule has 2 heterocycles. The van der Waals surface area contributed by atoms with Gasteiger partial charge in [-0.1, -0.05) is 61.2 Å². The lowest BCUT2D eigenvalue weighted by molar-refractivity contribution is -0.122. The molecular weight excluding hydrogens is 356 g/mol. The van der Waals surface area contributed by atoms with E-state index in [-0.39, 0.29) is 36.2 Å². The maximum absolute atomic E-state index is 12.9. The van der Waals surface area contributed by atoms with Crippen LogP contribution in [0.1, 0.15) is 44.9 Å². The van der Waals surface area contributed by atoms with Crippen molar-refractivity contribution in [2.75, 3.05) is 0 Å². The van der Waals surface area contributed by atoms with E-state index in [9.17, 15) is 9.59 Å². The average molecular weight is 380 g/mol. The van der Waals surface area contributed by atoms with Gasteiger partial charge in [0, 0.05) is 24.6 Å². The second-order valence-corrected chi connectivity index (χ2v) is 7.33. The third-order valence-corrected chi connectivity index (χ3v) is 5.31. The van der Waals surface area contributed by atoms with Gasteiger partial charge in [0.1, 0.15) is 17.4 Å². The molecule has 1 amide bonds. The lowest BCUT2D eigenvalue weighted by atomic mass is 10.1. The van der Waals surface area contributed by atoms with Gasteiger partial charge in [-0.25, -0.2) is 4.98 Å². The number of aryl methyl sites for hydroxylation is 1. The highest BCUT2D eigenvalue weighted by Gasteiger charge is 2.18. The fourth-order valence-electron chi connectivity index (χ4n) is 3.78.